The molecule has 0 spiro atoms. The Morgan fingerprint density at radius 2 is 1.90 bits per heavy atom. The molecule has 0 aliphatic carbocycles. The Hall–Kier alpha value is -3.27. The van der Waals surface area contributed by atoms with E-state index in [1.54, 1.807) is 17.2 Å². The van der Waals surface area contributed by atoms with Gasteiger partial charge in [0.2, 0.25) is 0 Å². The molecule has 0 radical (unpaired) electrons. The summed E-state index contributed by atoms with van der Waals surface area (Å²) in [6, 6.07) is 6.11. The number of urea groups is 1. The lowest BCUT2D eigenvalue weighted by molar-refractivity contribution is 0.122. The lowest BCUT2D eigenvalue weighted by Gasteiger charge is -2.28. The van der Waals surface area contributed by atoms with Crippen LogP contribution < -0.4 is 10.2 Å². The fraction of sp³-hybridized carbons (Fsp3) is 0.400. The largest absolute Gasteiger partial charge is 0.378 e. The summed E-state index contributed by atoms with van der Waals surface area (Å²) in [5.74, 6) is -0.241. The first kappa shape index (κ1) is 18.7. The lowest BCUT2D eigenvalue weighted by atomic mass is 10.2. The predicted octanol–water partition coefficient (Wildman–Crippen LogP) is 2.39. The van der Waals surface area contributed by atoms with E-state index in [1.165, 1.54) is 16.8 Å². The zero-order valence-corrected chi connectivity index (χ0v) is 16.4. The third kappa shape index (κ3) is 3.65. The fourth-order valence-corrected chi connectivity index (χ4v) is 3.78. The van der Waals surface area contributed by atoms with Crippen molar-refractivity contribution in [3.8, 4) is 11.4 Å². The summed E-state index contributed by atoms with van der Waals surface area (Å²) in [6.45, 7) is 4.39. The summed E-state index contributed by atoms with van der Waals surface area (Å²) in [5.41, 5.74) is 2.17. The van der Waals surface area contributed by atoms with Crippen molar-refractivity contribution in [3.05, 3.63) is 36.3 Å². The van der Waals surface area contributed by atoms with E-state index in [9.17, 15) is 9.18 Å². The number of ether oxygens (including phenoxy) is 1. The summed E-state index contributed by atoms with van der Waals surface area (Å²) in [7, 11) is 0. The van der Waals surface area contributed by atoms with Gasteiger partial charge in [-0.15, -0.1) is 9.73 Å². The highest BCUT2D eigenvalue weighted by Crippen LogP contribution is 2.25. The maximum Gasteiger partial charge on any atom is 0.321 e. The molecule has 10 heteroatoms. The molecular weight excluding hydrogens is 389 g/mol. The number of halogens is 1. The first-order chi connectivity index (χ1) is 14.7. The molecule has 30 heavy (non-hydrogen) atoms. The minimum Gasteiger partial charge on any atom is -0.378 e. The predicted molar refractivity (Wildman–Crippen MR) is 109 cm³/mol. The van der Waals surface area contributed by atoms with E-state index in [4.69, 9.17) is 4.74 Å². The summed E-state index contributed by atoms with van der Waals surface area (Å²) >= 11 is 0. The molecule has 0 atom stereocenters. The molecule has 0 unspecified atom stereocenters. The molecule has 2 aliphatic rings. The first-order valence-corrected chi connectivity index (χ1v) is 10.1. The molecule has 2 aromatic heterocycles. The number of rotatable bonds is 3. The number of anilines is 2. The van der Waals surface area contributed by atoms with E-state index in [0.29, 0.717) is 24.5 Å². The van der Waals surface area contributed by atoms with Crippen LogP contribution in [0.4, 0.5) is 20.6 Å². The van der Waals surface area contributed by atoms with E-state index >= 15 is 0 Å². The molecule has 4 heterocycles. The van der Waals surface area contributed by atoms with Gasteiger partial charge in [0.25, 0.3) is 0 Å². The second-order valence-corrected chi connectivity index (χ2v) is 7.42. The molecule has 5 rings (SSSR count). The zero-order chi connectivity index (χ0) is 20.5. The van der Waals surface area contributed by atoms with Gasteiger partial charge >= 0.3 is 6.03 Å². The van der Waals surface area contributed by atoms with E-state index in [1.807, 2.05) is 6.07 Å². The minimum atomic E-state index is -0.460. The van der Waals surface area contributed by atoms with Gasteiger partial charge in [0.05, 0.1) is 30.7 Å². The van der Waals surface area contributed by atoms with Crippen molar-refractivity contribution in [1.82, 2.24) is 24.7 Å². The number of benzene rings is 1. The van der Waals surface area contributed by atoms with Gasteiger partial charge in [-0.3, -0.25) is 0 Å². The molecular formula is C20H22FN7O2. The molecule has 2 amide bonds. The molecule has 1 aromatic carbocycles. The number of nitrogens with one attached hydrogen (secondary N) is 1. The number of carbonyl (C=O) groups excluding carboxylic acids is 1. The fourth-order valence-electron chi connectivity index (χ4n) is 3.78. The smallest absolute Gasteiger partial charge is 0.321 e. The van der Waals surface area contributed by atoms with Crippen molar-refractivity contribution in [2.45, 2.75) is 12.8 Å². The Morgan fingerprint density at radius 3 is 2.70 bits per heavy atom. The monoisotopic (exact) mass is 411 g/mol. The average Bonchev–Trinajstić information content (AvgIpc) is 3.45. The highest BCUT2D eigenvalue weighted by atomic mass is 19.1. The van der Waals surface area contributed by atoms with Crippen LogP contribution in [0.5, 0.6) is 0 Å². The minimum absolute atomic E-state index is 0.176. The van der Waals surface area contributed by atoms with E-state index < -0.39 is 5.82 Å². The van der Waals surface area contributed by atoms with Gasteiger partial charge in [-0.05, 0) is 31.0 Å². The quantitative estimate of drug-likeness (QED) is 0.712. The molecule has 156 valence electrons. The second kappa shape index (κ2) is 7.86. The number of amides is 2. The molecule has 2 aliphatic heterocycles. The Labute approximate surface area is 172 Å². The van der Waals surface area contributed by atoms with Gasteiger partial charge in [-0.1, -0.05) is 0 Å². The van der Waals surface area contributed by atoms with Crippen molar-refractivity contribution < 1.29 is 13.9 Å². The van der Waals surface area contributed by atoms with Crippen molar-refractivity contribution in [2.24, 2.45) is 0 Å². The summed E-state index contributed by atoms with van der Waals surface area (Å²) in [4.78, 5) is 20.7. The van der Waals surface area contributed by atoms with Crippen LogP contribution >= 0.6 is 0 Å². The van der Waals surface area contributed by atoms with Crippen molar-refractivity contribution >= 4 is 23.1 Å². The molecule has 2 fully saturated rings. The Balaban J connectivity index is 1.41. The normalized spacial score (nSPS) is 17.0. The van der Waals surface area contributed by atoms with Crippen molar-refractivity contribution in [3.63, 3.8) is 0 Å². The second-order valence-electron chi connectivity index (χ2n) is 7.42. The highest BCUT2D eigenvalue weighted by Gasteiger charge is 2.20. The first-order valence-electron chi connectivity index (χ1n) is 10.1. The van der Waals surface area contributed by atoms with Crippen molar-refractivity contribution in [2.75, 3.05) is 49.6 Å². The third-order valence-electron chi connectivity index (χ3n) is 5.42. The van der Waals surface area contributed by atoms with Gasteiger partial charge in [0.1, 0.15) is 5.82 Å². The van der Waals surface area contributed by atoms with Crippen LogP contribution in [0.15, 0.2) is 30.5 Å². The standard InChI is InChI=1S/C20H22FN7O2/c21-17-4-3-14(23-20(29)27-5-1-2-6-27)11-16(17)19-24-18-12-15(13-22-28(18)25-19)26-7-9-30-10-8-26/h3-4,11-13H,1-2,5-10H2,(H,23,29). The number of fused-ring (bicyclic) bond motifs is 1. The van der Waals surface area contributed by atoms with E-state index in [-0.39, 0.29) is 17.4 Å². The van der Waals surface area contributed by atoms with E-state index in [2.05, 4.69) is 25.4 Å². The van der Waals surface area contributed by atoms with Crippen LogP contribution in [-0.2, 0) is 4.74 Å². The van der Waals surface area contributed by atoms with Gasteiger partial charge in [0.15, 0.2) is 11.5 Å². The number of hydrogen-bond donors (Lipinski definition) is 1. The molecule has 0 bridgehead atoms. The number of carbonyl (C=O) groups is 1. The summed E-state index contributed by atoms with van der Waals surface area (Å²) in [5, 5.41) is 11.5. The maximum absolute atomic E-state index is 14.5. The Morgan fingerprint density at radius 1 is 1.10 bits per heavy atom. The number of hydrogen-bond acceptors (Lipinski definition) is 6. The molecule has 1 N–H and O–H groups in total. The topological polar surface area (TPSA) is 87.9 Å². The van der Waals surface area contributed by atoms with Crippen LogP contribution in [0, 0.1) is 5.82 Å². The number of nitrogens with zero attached hydrogens (tertiary/aromatic N) is 6. The Kier molecular flexibility index (Phi) is 4.91. The summed E-state index contributed by atoms with van der Waals surface area (Å²) < 4.78 is 21.3. The SMILES string of the molecule is O=C(Nc1ccc(F)c(-c2nc3cc(N4CCOCC4)cnn3n2)c1)N1CCCC1. The number of likely N-dealkylation sites (tertiary alicyclic amines) is 1. The Bertz CT molecular complexity index is 1070. The zero-order valence-electron chi connectivity index (χ0n) is 16.4. The number of aromatic nitrogens is 4. The molecule has 9 nitrogen and oxygen atoms in total. The van der Waals surface area contributed by atoms with Crippen molar-refractivity contribution in [1.29, 1.82) is 0 Å². The van der Waals surface area contributed by atoms with Gasteiger partial charge in [-0.25, -0.2) is 14.2 Å². The number of morpholine rings is 1. The van der Waals surface area contributed by atoms with E-state index in [0.717, 1.165) is 44.7 Å². The maximum atomic E-state index is 14.5. The molecule has 2 saturated heterocycles. The van der Waals surface area contributed by atoms with Crippen LogP contribution in [0.2, 0.25) is 0 Å². The van der Waals surface area contributed by atoms with Gasteiger partial charge in [-0.2, -0.15) is 5.10 Å². The molecule has 3 aromatic rings. The highest BCUT2D eigenvalue weighted by molar-refractivity contribution is 5.90. The van der Waals surface area contributed by atoms with Gasteiger partial charge < -0.3 is 19.9 Å². The van der Waals surface area contributed by atoms with Crippen LogP contribution in [-0.4, -0.2) is 70.1 Å². The average molecular weight is 411 g/mol. The van der Waals surface area contributed by atoms with Crippen LogP contribution in [0.3, 0.4) is 0 Å². The van der Waals surface area contributed by atoms with Crippen LogP contribution in [0.1, 0.15) is 12.8 Å². The molecule has 0 saturated carbocycles. The van der Waals surface area contributed by atoms with Gasteiger partial charge in [0, 0.05) is 37.9 Å². The summed E-state index contributed by atoms with van der Waals surface area (Å²) in [6.07, 6.45) is 3.74. The third-order valence-corrected chi connectivity index (χ3v) is 5.42. The lowest BCUT2D eigenvalue weighted by Crippen LogP contribution is -2.36. The van der Waals surface area contributed by atoms with Crippen LogP contribution in [0.25, 0.3) is 17.0 Å².